The van der Waals surface area contributed by atoms with E-state index in [1.165, 1.54) is 5.56 Å². The van der Waals surface area contributed by atoms with E-state index < -0.39 is 11.6 Å². The number of piperidine rings is 1. The number of rotatable bonds is 5. The van der Waals surface area contributed by atoms with Crippen molar-refractivity contribution in [3.63, 3.8) is 0 Å². The number of nitrogens with one attached hydrogen (secondary N) is 2. The van der Waals surface area contributed by atoms with Gasteiger partial charge in [0.05, 0.1) is 12.0 Å². The van der Waals surface area contributed by atoms with Gasteiger partial charge >= 0.3 is 6.03 Å². The first-order valence-corrected chi connectivity index (χ1v) is 12.0. The maximum absolute atomic E-state index is 13.1. The molecule has 2 saturated heterocycles. The minimum Gasteiger partial charge on any atom is -0.339 e. The Morgan fingerprint density at radius 2 is 1.74 bits per heavy atom. The van der Waals surface area contributed by atoms with Gasteiger partial charge in [-0.25, -0.2) is 9.78 Å². The largest absolute Gasteiger partial charge is 0.339 e. The van der Waals surface area contributed by atoms with Crippen LogP contribution in [0.2, 0.25) is 0 Å². The van der Waals surface area contributed by atoms with Crippen LogP contribution in [-0.2, 0) is 10.3 Å². The van der Waals surface area contributed by atoms with E-state index in [1.54, 1.807) is 24.3 Å². The molecule has 1 atom stereocenters. The summed E-state index contributed by atoms with van der Waals surface area (Å²) >= 11 is 0. The molecule has 5 rings (SSSR count). The van der Waals surface area contributed by atoms with E-state index in [-0.39, 0.29) is 11.8 Å². The Balaban J connectivity index is 1.22. The number of amides is 4. The highest BCUT2D eigenvalue weighted by atomic mass is 16.2. The fourth-order valence-corrected chi connectivity index (χ4v) is 5.01. The number of aryl methyl sites for hydroxylation is 1. The molecule has 4 amide bonds. The molecule has 1 aromatic heterocycles. The first-order chi connectivity index (χ1) is 16.9. The van der Waals surface area contributed by atoms with E-state index in [0.29, 0.717) is 36.6 Å². The summed E-state index contributed by atoms with van der Waals surface area (Å²) in [5.74, 6) is -0.0661. The lowest BCUT2D eigenvalue weighted by atomic mass is 9.87. The molecular weight excluding hydrogens is 442 g/mol. The van der Waals surface area contributed by atoms with E-state index in [9.17, 15) is 14.4 Å². The molecule has 2 aliphatic rings. The van der Waals surface area contributed by atoms with E-state index in [0.717, 1.165) is 24.2 Å². The molecule has 0 radical (unpaired) electrons. The number of aromatic nitrogens is 2. The maximum atomic E-state index is 13.1. The number of likely N-dealkylation sites (tertiary alicyclic amines) is 1. The summed E-state index contributed by atoms with van der Waals surface area (Å²) in [6.07, 6.45) is 6.09. The summed E-state index contributed by atoms with van der Waals surface area (Å²) < 4.78 is 2.05. The molecule has 0 bridgehead atoms. The van der Waals surface area contributed by atoms with Crippen LogP contribution in [-0.4, -0.2) is 45.4 Å². The van der Waals surface area contributed by atoms with Gasteiger partial charge < -0.3 is 14.8 Å². The standard InChI is InChI=1S/C27H29N5O3/c1-3-27(25(34)29-26(35)30-27)21-8-6-20(7-9-21)24(33)31-14-12-19(13-15-31)23-16-32(17-28-23)22-10-4-18(2)5-11-22/h4-11,16-17,19H,3,12-15H2,1-2H3,(H2,29,30,34,35)/t27-/m1/s1. The third-order valence-corrected chi connectivity index (χ3v) is 7.23. The Bertz CT molecular complexity index is 1260. The summed E-state index contributed by atoms with van der Waals surface area (Å²) in [5, 5.41) is 5.03. The zero-order valence-corrected chi connectivity index (χ0v) is 20.0. The summed E-state index contributed by atoms with van der Waals surface area (Å²) in [7, 11) is 0. The molecular formula is C27H29N5O3. The Labute approximate surface area is 204 Å². The molecule has 2 fully saturated rings. The van der Waals surface area contributed by atoms with Crippen molar-refractivity contribution < 1.29 is 14.4 Å². The fraction of sp³-hybridized carbons (Fsp3) is 0.333. The highest BCUT2D eigenvalue weighted by Gasteiger charge is 2.46. The van der Waals surface area contributed by atoms with Gasteiger partial charge in [-0.2, -0.15) is 0 Å². The van der Waals surface area contributed by atoms with Crippen LogP contribution in [0.5, 0.6) is 0 Å². The van der Waals surface area contributed by atoms with Crippen LogP contribution in [0, 0.1) is 6.92 Å². The van der Waals surface area contributed by atoms with Crippen LogP contribution in [0.4, 0.5) is 4.79 Å². The number of benzene rings is 2. The monoisotopic (exact) mass is 471 g/mol. The SMILES string of the molecule is CC[C@]1(c2ccc(C(=O)N3CCC(c4cn(-c5ccc(C)cc5)cn4)CC3)cc2)NC(=O)NC1=O. The molecule has 2 aliphatic heterocycles. The second-order valence-electron chi connectivity index (χ2n) is 9.35. The van der Waals surface area contributed by atoms with E-state index in [2.05, 4.69) is 53.0 Å². The van der Waals surface area contributed by atoms with Crippen molar-refractivity contribution in [3.05, 3.63) is 83.4 Å². The van der Waals surface area contributed by atoms with E-state index >= 15 is 0 Å². The summed E-state index contributed by atoms with van der Waals surface area (Å²) in [4.78, 5) is 43.7. The molecule has 3 heterocycles. The highest BCUT2D eigenvalue weighted by molar-refractivity contribution is 6.07. The molecule has 0 aliphatic carbocycles. The van der Waals surface area contributed by atoms with Crippen molar-refractivity contribution in [1.82, 2.24) is 25.1 Å². The number of imide groups is 1. The zero-order valence-electron chi connectivity index (χ0n) is 20.0. The van der Waals surface area contributed by atoms with Crippen LogP contribution in [0.15, 0.2) is 61.1 Å². The number of imidazole rings is 1. The molecule has 8 heteroatoms. The molecule has 35 heavy (non-hydrogen) atoms. The van der Waals surface area contributed by atoms with Gasteiger partial charge in [-0.05, 0) is 56.0 Å². The minimum atomic E-state index is -1.08. The topological polar surface area (TPSA) is 96.3 Å². The summed E-state index contributed by atoms with van der Waals surface area (Å²) in [6.45, 7) is 5.25. The van der Waals surface area contributed by atoms with Crippen LogP contribution in [0.1, 0.15) is 59.3 Å². The van der Waals surface area contributed by atoms with Crippen molar-refractivity contribution in [2.24, 2.45) is 0 Å². The van der Waals surface area contributed by atoms with Gasteiger partial charge in [0.15, 0.2) is 0 Å². The van der Waals surface area contributed by atoms with Crippen molar-refractivity contribution in [3.8, 4) is 5.69 Å². The lowest BCUT2D eigenvalue weighted by Gasteiger charge is -2.31. The Morgan fingerprint density at radius 1 is 1.06 bits per heavy atom. The number of nitrogens with zero attached hydrogens (tertiary/aromatic N) is 3. The van der Waals surface area contributed by atoms with E-state index in [1.807, 2.05) is 22.7 Å². The van der Waals surface area contributed by atoms with Crippen LogP contribution in [0.25, 0.3) is 5.69 Å². The predicted molar refractivity (Wildman–Crippen MR) is 131 cm³/mol. The van der Waals surface area contributed by atoms with Gasteiger partial charge in [-0.15, -0.1) is 0 Å². The highest BCUT2D eigenvalue weighted by Crippen LogP contribution is 2.30. The average Bonchev–Trinajstić information content (AvgIpc) is 3.49. The van der Waals surface area contributed by atoms with Gasteiger partial charge in [-0.3, -0.25) is 14.9 Å². The number of hydrogen-bond acceptors (Lipinski definition) is 4. The smallest absolute Gasteiger partial charge is 0.322 e. The third-order valence-electron chi connectivity index (χ3n) is 7.23. The number of hydrogen-bond donors (Lipinski definition) is 2. The quantitative estimate of drug-likeness (QED) is 0.555. The van der Waals surface area contributed by atoms with E-state index in [4.69, 9.17) is 0 Å². The molecule has 2 aromatic carbocycles. The molecule has 0 saturated carbocycles. The number of carbonyl (C=O) groups excluding carboxylic acids is 3. The van der Waals surface area contributed by atoms with Crippen molar-refractivity contribution >= 4 is 17.8 Å². The van der Waals surface area contributed by atoms with Gasteiger partial charge in [0.25, 0.3) is 11.8 Å². The molecule has 2 N–H and O–H groups in total. The van der Waals surface area contributed by atoms with Crippen LogP contribution < -0.4 is 10.6 Å². The minimum absolute atomic E-state index is 0.0226. The average molecular weight is 472 g/mol. The second kappa shape index (κ2) is 9.02. The molecule has 0 spiro atoms. The first kappa shape index (κ1) is 22.8. The van der Waals surface area contributed by atoms with Gasteiger partial charge in [0, 0.05) is 36.5 Å². The normalized spacial score (nSPS) is 20.6. The second-order valence-corrected chi connectivity index (χ2v) is 9.35. The van der Waals surface area contributed by atoms with Crippen molar-refractivity contribution in [2.45, 2.75) is 44.6 Å². The van der Waals surface area contributed by atoms with Crippen molar-refractivity contribution in [1.29, 1.82) is 0 Å². The summed E-state index contributed by atoms with van der Waals surface area (Å²) in [5.41, 5.74) is 3.53. The number of urea groups is 1. The Kier molecular flexibility index (Phi) is 5.88. The third kappa shape index (κ3) is 4.20. The lowest BCUT2D eigenvalue weighted by Crippen LogP contribution is -2.43. The molecule has 8 nitrogen and oxygen atoms in total. The Hall–Kier alpha value is -3.94. The van der Waals surface area contributed by atoms with Crippen LogP contribution in [0.3, 0.4) is 0 Å². The molecule has 180 valence electrons. The fourth-order valence-electron chi connectivity index (χ4n) is 5.01. The number of carbonyl (C=O) groups is 3. The van der Waals surface area contributed by atoms with Gasteiger partial charge in [0.2, 0.25) is 0 Å². The van der Waals surface area contributed by atoms with Gasteiger partial charge in [0.1, 0.15) is 5.54 Å². The Morgan fingerprint density at radius 3 is 2.34 bits per heavy atom. The molecule has 0 unspecified atom stereocenters. The first-order valence-electron chi connectivity index (χ1n) is 12.0. The molecule has 3 aromatic rings. The maximum Gasteiger partial charge on any atom is 0.322 e. The lowest BCUT2D eigenvalue weighted by molar-refractivity contribution is -0.124. The van der Waals surface area contributed by atoms with Crippen molar-refractivity contribution in [2.75, 3.05) is 13.1 Å². The zero-order chi connectivity index (χ0) is 24.6. The summed E-state index contributed by atoms with van der Waals surface area (Å²) in [6, 6.07) is 14.8. The van der Waals surface area contributed by atoms with Crippen LogP contribution >= 0.6 is 0 Å². The van der Waals surface area contributed by atoms with Gasteiger partial charge in [-0.1, -0.05) is 36.8 Å². The predicted octanol–water partition coefficient (Wildman–Crippen LogP) is 3.65.